The highest BCUT2D eigenvalue weighted by Gasteiger charge is 2.34. The van der Waals surface area contributed by atoms with Gasteiger partial charge in [-0.1, -0.05) is 29.8 Å². The third-order valence-corrected chi connectivity index (χ3v) is 8.20. The quantitative estimate of drug-likeness (QED) is 0.269. The standard InChI is InChI=1S/C25H27ClN6O5S/c1-16(23(37-4)24-27-12-18(26)13-28-24)38(33,34)15-21-30-31-25(20-6-5-7-22(29-20)36-3)32(21)14-17-8-10-19(35-2)11-9-17/h5-13,16,23H,14-15H2,1-4H3/t16-,23-/m0/s1. The molecule has 4 rings (SSSR count). The average Bonchev–Trinajstić information content (AvgIpc) is 3.31. The van der Waals surface area contributed by atoms with Crippen molar-refractivity contribution in [3.05, 3.63) is 77.1 Å². The Balaban J connectivity index is 1.70. The molecule has 0 saturated heterocycles. The zero-order chi connectivity index (χ0) is 27.3. The molecule has 4 aromatic rings. The molecule has 1 aromatic carbocycles. The molecule has 0 amide bonds. The summed E-state index contributed by atoms with van der Waals surface area (Å²) in [6.45, 7) is 1.86. The van der Waals surface area contributed by atoms with Gasteiger partial charge in [0, 0.05) is 25.6 Å². The van der Waals surface area contributed by atoms with Crippen LogP contribution in [0.15, 0.2) is 54.9 Å². The summed E-state index contributed by atoms with van der Waals surface area (Å²) >= 11 is 5.89. The van der Waals surface area contributed by atoms with Crippen LogP contribution >= 0.6 is 11.6 Å². The van der Waals surface area contributed by atoms with Crippen LogP contribution in [0.25, 0.3) is 11.5 Å². The van der Waals surface area contributed by atoms with Crippen LogP contribution in [-0.4, -0.2) is 64.7 Å². The predicted octanol–water partition coefficient (Wildman–Crippen LogP) is 3.54. The minimum absolute atomic E-state index is 0.217. The highest BCUT2D eigenvalue weighted by atomic mass is 35.5. The lowest BCUT2D eigenvalue weighted by Crippen LogP contribution is -2.30. The molecule has 0 aliphatic heterocycles. The molecule has 0 aliphatic carbocycles. The number of sulfone groups is 1. The van der Waals surface area contributed by atoms with Gasteiger partial charge in [0.1, 0.15) is 29.1 Å². The second-order valence-electron chi connectivity index (χ2n) is 8.37. The molecule has 0 saturated carbocycles. The van der Waals surface area contributed by atoms with E-state index in [2.05, 4.69) is 25.1 Å². The SMILES string of the molecule is COc1ccc(Cn2c(CS(=O)(=O)[C@@H](C)[C@H](OC)c3ncc(Cl)cn3)nnc2-c2cccc(OC)n2)cc1. The first kappa shape index (κ1) is 27.4. The summed E-state index contributed by atoms with van der Waals surface area (Å²) in [4.78, 5) is 12.7. The van der Waals surface area contributed by atoms with E-state index in [1.54, 1.807) is 36.8 Å². The second-order valence-corrected chi connectivity index (χ2v) is 11.2. The molecule has 0 fully saturated rings. The van der Waals surface area contributed by atoms with Gasteiger partial charge in [-0.05, 0) is 30.7 Å². The molecule has 0 spiro atoms. The van der Waals surface area contributed by atoms with Crippen molar-refractivity contribution in [3.8, 4) is 23.1 Å². The Hall–Kier alpha value is -3.61. The van der Waals surface area contributed by atoms with Crippen molar-refractivity contribution in [2.45, 2.75) is 30.6 Å². The van der Waals surface area contributed by atoms with Gasteiger partial charge in [0.2, 0.25) is 5.88 Å². The molecule has 0 unspecified atom stereocenters. The molecule has 0 radical (unpaired) electrons. The molecule has 38 heavy (non-hydrogen) atoms. The van der Waals surface area contributed by atoms with E-state index in [0.29, 0.717) is 34.7 Å². The highest BCUT2D eigenvalue weighted by Crippen LogP contribution is 2.27. The van der Waals surface area contributed by atoms with Crippen LogP contribution in [0.3, 0.4) is 0 Å². The van der Waals surface area contributed by atoms with E-state index in [-0.39, 0.29) is 11.6 Å². The van der Waals surface area contributed by atoms with E-state index in [9.17, 15) is 8.42 Å². The van der Waals surface area contributed by atoms with E-state index < -0.39 is 26.9 Å². The summed E-state index contributed by atoms with van der Waals surface area (Å²) in [6.07, 6.45) is 1.89. The van der Waals surface area contributed by atoms with E-state index >= 15 is 0 Å². The molecular formula is C25H27ClN6O5S. The lowest BCUT2D eigenvalue weighted by molar-refractivity contribution is 0.0948. The fourth-order valence-electron chi connectivity index (χ4n) is 3.84. The average molecular weight is 559 g/mol. The number of rotatable bonds is 11. The minimum Gasteiger partial charge on any atom is -0.497 e. The molecule has 0 aliphatic rings. The Morgan fingerprint density at radius 3 is 2.32 bits per heavy atom. The molecule has 3 aromatic heterocycles. The Bertz CT molecular complexity index is 1480. The number of nitrogens with zero attached hydrogens (tertiary/aromatic N) is 6. The number of aromatic nitrogens is 6. The van der Waals surface area contributed by atoms with Crippen molar-refractivity contribution in [2.24, 2.45) is 0 Å². The molecule has 2 atom stereocenters. The normalized spacial score (nSPS) is 13.2. The number of halogens is 1. The molecule has 200 valence electrons. The van der Waals surface area contributed by atoms with Crippen molar-refractivity contribution in [1.82, 2.24) is 29.7 Å². The van der Waals surface area contributed by atoms with Crippen molar-refractivity contribution >= 4 is 21.4 Å². The van der Waals surface area contributed by atoms with Crippen LogP contribution in [0, 0.1) is 0 Å². The summed E-state index contributed by atoms with van der Waals surface area (Å²) < 4.78 is 44.9. The van der Waals surface area contributed by atoms with Gasteiger partial charge in [0.25, 0.3) is 0 Å². The Morgan fingerprint density at radius 1 is 0.974 bits per heavy atom. The van der Waals surface area contributed by atoms with Crippen LogP contribution in [-0.2, 0) is 26.9 Å². The van der Waals surface area contributed by atoms with Crippen molar-refractivity contribution in [1.29, 1.82) is 0 Å². The van der Waals surface area contributed by atoms with E-state index in [1.807, 2.05) is 24.3 Å². The van der Waals surface area contributed by atoms with Crippen LogP contribution in [0.4, 0.5) is 0 Å². The van der Waals surface area contributed by atoms with Crippen molar-refractivity contribution < 1.29 is 22.6 Å². The van der Waals surface area contributed by atoms with Gasteiger partial charge in [0.15, 0.2) is 21.5 Å². The van der Waals surface area contributed by atoms with Gasteiger partial charge in [-0.3, -0.25) is 0 Å². The lowest BCUT2D eigenvalue weighted by Gasteiger charge is -2.21. The van der Waals surface area contributed by atoms with Gasteiger partial charge in [0.05, 0.1) is 31.0 Å². The third kappa shape index (κ3) is 6.09. The first-order valence-corrected chi connectivity index (χ1v) is 13.6. The topological polar surface area (TPSA) is 131 Å². The summed E-state index contributed by atoms with van der Waals surface area (Å²) in [5.74, 6) is 1.58. The van der Waals surface area contributed by atoms with Gasteiger partial charge in [-0.2, -0.15) is 0 Å². The van der Waals surface area contributed by atoms with Crippen molar-refractivity contribution in [2.75, 3.05) is 21.3 Å². The first-order valence-electron chi connectivity index (χ1n) is 11.5. The lowest BCUT2D eigenvalue weighted by atomic mass is 10.2. The summed E-state index contributed by atoms with van der Waals surface area (Å²) in [6, 6.07) is 12.7. The van der Waals surface area contributed by atoms with E-state index in [1.165, 1.54) is 26.6 Å². The number of benzene rings is 1. The molecule has 0 bridgehead atoms. The summed E-state index contributed by atoms with van der Waals surface area (Å²) in [5, 5.41) is 7.91. The zero-order valence-electron chi connectivity index (χ0n) is 21.3. The van der Waals surface area contributed by atoms with Crippen LogP contribution in [0.5, 0.6) is 11.6 Å². The minimum atomic E-state index is -3.82. The molecule has 0 N–H and O–H groups in total. The van der Waals surface area contributed by atoms with Crippen LogP contribution < -0.4 is 9.47 Å². The largest absolute Gasteiger partial charge is 0.497 e. The number of pyridine rings is 1. The molecule has 11 nitrogen and oxygen atoms in total. The molecule has 13 heteroatoms. The van der Waals surface area contributed by atoms with Crippen molar-refractivity contribution in [3.63, 3.8) is 0 Å². The summed E-state index contributed by atoms with van der Waals surface area (Å²) in [7, 11) is 0.703. The Kier molecular flexibility index (Phi) is 8.55. The zero-order valence-corrected chi connectivity index (χ0v) is 22.8. The van der Waals surface area contributed by atoms with E-state index in [4.69, 9.17) is 25.8 Å². The van der Waals surface area contributed by atoms with Gasteiger partial charge in [-0.15, -0.1) is 10.2 Å². The number of methoxy groups -OCH3 is 3. The molecule has 3 heterocycles. The first-order chi connectivity index (χ1) is 18.2. The Morgan fingerprint density at radius 2 is 1.68 bits per heavy atom. The predicted molar refractivity (Wildman–Crippen MR) is 141 cm³/mol. The van der Waals surface area contributed by atoms with Gasteiger partial charge in [-0.25, -0.2) is 23.4 Å². The maximum Gasteiger partial charge on any atom is 0.213 e. The van der Waals surface area contributed by atoms with E-state index in [0.717, 1.165) is 5.56 Å². The maximum atomic E-state index is 13.6. The van der Waals surface area contributed by atoms with Gasteiger partial charge < -0.3 is 18.8 Å². The maximum absolute atomic E-state index is 13.6. The second kappa shape index (κ2) is 11.8. The third-order valence-electron chi connectivity index (χ3n) is 5.96. The fourth-order valence-corrected chi connectivity index (χ4v) is 5.38. The Labute approximate surface area is 225 Å². The van der Waals surface area contributed by atoms with Crippen LogP contribution in [0.2, 0.25) is 5.02 Å². The fraction of sp³-hybridized carbons (Fsp3) is 0.320. The number of hydrogen-bond donors (Lipinski definition) is 0. The number of ether oxygens (including phenoxy) is 3. The highest BCUT2D eigenvalue weighted by molar-refractivity contribution is 7.91. The van der Waals surface area contributed by atoms with Crippen LogP contribution in [0.1, 0.15) is 30.2 Å². The number of hydrogen-bond acceptors (Lipinski definition) is 10. The summed E-state index contributed by atoms with van der Waals surface area (Å²) in [5.41, 5.74) is 1.39. The molecular weight excluding hydrogens is 532 g/mol. The smallest absolute Gasteiger partial charge is 0.213 e. The monoisotopic (exact) mass is 558 g/mol. The van der Waals surface area contributed by atoms with Gasteiger partial charge >= 0.3 is 0 Å².